The van der Waals surface area contributed by atoms with Gasteiger partial charge in [-0.25, -0.2) is 9.98 Å². The summed E-state index contributed by atoms with van der Waals surface area (Å²) in [6.45, 7) is 6.18. The van der Waals surface area contributed by atoms with Crippen molar-refractivity contribution in [2.45, 2.75) is 33.4 Å². The van der Waals surface area contributed by atoms with E-state index >= 15 is 0 Å². The van der Waals surface area contributed by atoms with E-state index in [0.717, 1.165) is 35.4 Å². The largest absolute Gasteiger partial charge is 0.467 e. The third-order valence-corrected chi connectivity index (χ3v) is 3.70. The number of hydrogen-bond donors (Lipinski definition) is 2. The lowest BCUT2D eigenvalue weighted by Gasteiger charge is -2.09. The number of aryl methyl sites for hydroxylation is 1. The Morgan fingerprint density at radius 1 is 1.38 bits per heavy atom. The predicted octanol–water partition coefficient (Wildman–Crippen LogP) is 3.17. The number of hydrogen-bond acceptors (Lipinski definition) is 4. The third-order valence-electron chi connectivity index (χ3n) is 2.66. The molecule has 2 aromatic heterocycles. The molecule has 0 spiro atoms. The molecule has 116 valence electrons. The first-order valence-electron chi connectivity index (χ1n) is 6.79. The number of aromatic nitrogens is 1. The molecule has 2 aromatic rings. The van der Waals surface area contributed by atoms with E-state index < -0.39 is 0 Å². The van der Waals surface area contributed by atoms with Crippen molar-refractivity contribution in [2.75, 3.05) is 6.54 Å². The van der Waals surface area contributed by atoms with Gasteiger partial charge < -0.3 is 15.1 Å². The molecule has 2 heterocycles. The minimum absolute atomic E-state index is 0. The summed E-state index contributed by atoms with van der Waals surface area (Å²) in [6, 6.07) is 3.81. The molecule has 0 amide bonds. The quantitative estimate of drug-likeness (QED) is 0.428. The molecule has 21 heavy (non-hydrogen) atoms. The number of nitrogens with zero attached hydrogens (tertiary/aromatic N) is 2. The van der Waals surface area contributed by atoms with Gasteiger partial charge >= 0.3 is 0 Å². The van der Waals surface area contributed by atoms with Crippen molar-refractivity contribution in [3.63, 3.8) is 0 Å². The van der Waals surface area contributed by atoms with Gasteiger partial charge in [-0.3, -0.25) is 0 Å². The van der Waals surface area contributed by atoms with Crippen LogP contribution < -0.4 is 10.6 Å². The fraction of sp³-hybridized carbons (Fsp3) is 0.429. The van der Waals surface area contributed by atoms with Crippen LogP contribution in [0.1, 0.15) is 30.3 Å². The summed E-state index contributed by atoms with van der Waals surface area (Å²) in [5.74, 6) is 1.66. The summed E-state index contributed by atoms with van der Waals surface area (Å²) in [6.07, 6.45) is 2.65. The zero-order valence-corrected chi connectivity index (χ0v) is 15.4. The second-order valence-corrected chi connectivity index (χ2v) is 5.16. The Kier molecular flexibility index (Phi) is 8.36. The van der Waals surface area contributed by atoms with Gasteiger partial charge in [0.2, 0.25) is 0 Å². The number of rotatable bonds is 6. The van der Waals surface area contributed by atoms with Crippen LogP contribution in [0.25, 0.3) is 0 Å². The van der Waals surface area contributed by atoms with Crippen LogP contribution in [0, 0.1) is 0 Å². The normalized spacial score (nSPS) is 11.0. The van der Waals surface area contributed by atoms with E-state index in [0.29, 0.717) is 13.1 Å². The topological polar surface area (TPSA) is 62.5 Å². The van der Waals surface area contributed by atoms with Crippen LogP contribution in [-0.4, -0.2) is 17.5 Å². The van der Waals surface area contributed by atoms with E-state index in [1.54, 1.807) is 17.6 Å². The van der Waals surface area contributed by atoms with E-state index in [1.807, 2.05) is 19.1 Å². The predicted molar refractivity (Wildman–Crippen MR) is 97.3 cm³/mol. The van der Waals surface area contributed by atoms with Crippen molar-refractivity contribution in [2.24, 2.45) is 4.99 Å². The number of halogens is 1. The molecular weight excluding hydrogens is 399 g/mol. The Labute approximate surface area is 146 Å². The number of guanidine groups is 1. The summed E-state index contributed by atoms with van der Waals surface area (Å²) >= 11 is 1.69. The standard InChI is InChI=1S/C14H20N4OS.HI/c1-3-13-18-11(10-20-13)8-16-14(15-4-2)17-9-12-6-5-7-19-12;/h5-7,10H,3-4,8-9H2,1-2H3,(H2,15,16,17);1H. The van der Waals surface area contributed by atoms with Crippen molar-refractivity contribution < 1.29 is 4.42 Å². The second kappa shape index (κ2) is 9.78. The molecule has 0 aliphatic rings. The summed E-state index contributed by atoms with van der Waals surface area (Å²) in [5, 5.41) is 9.67. The first kappa shape index (κ1) is 18.0. The van der Waals surface area contributed by atoms with Crippen molar-refractivity contribution >= 4 is 41.3 Å². The molecule has 5 nitrogen and oxygen atoms in total. The van der Waals surface area contributed by atoms with Gasteiger partial charge in [-0.05, 0) is 25.5 Å². The van der Waals surface area contributed by atoms with Crippen molar-refractivity contribution in [3.8, 4) is 0 Å². The van der Waals surface area contributed by atoms with Gasteiger partial charge in [0, 0.05) is 11.9 Å². The lowest BCUT2D eigenvalue weighted by atomic mass is 10.4. The number of aliphatic imine (C=N–C) groups is 1. The van der Waals surface area contributed by atoms with Gasteiger partial charge in [0.1, 0.15) is 5.76 Å². The number of nitrogens with one attached hydrogen (secondary N) is 2. The molecular formula is C14H21IN4OS. The first-order valence-corrected chi connectivity index (χ1v) is 7.67. The Balaban J connectivity index is 0.00000220. The monoisotopic (exact) mass is 420 g/mol. The fourth-order valence-electron chi connectivity index (χ4n) is 1.67. The Bertz CT molecular complexity index is 539. The van der Waals surface area contributed by atoms with E-state index in [9.17, 15) is 0 Å². The Hall–Kier alpha value is -1.09. The smallest absolute Gasteiger partial charge is 0.192 e. The Morgan fingerprint density at radius 2 is 2.24 bits per heavy atom. The molecule has 0 saturated heterocycles. The highest BCUT2D eigenvalue weighted by Crippen LogP contribution is 2.10. The van der Waals surface area contributed by atoms with Crippen LogP contribution in [0.2, 0.25) is 0 Å². The molecule has 2 N–H and O–H groups in total. The summed E-state index contributed by atoms with van der Waals surface area (Å²) in [5.41, 5.74) is 1.02. The van der Waals surface area contributed by atoms with Crippen LogP contribution in [0.3, 0.4) is 0 Å². The molecule has 0 radical (unpaired) electrons. The summed E-state index contributed by atoms with van der Waals surface area (Å²) in [4.78, 5) is 9.04. The lowest BCUT2D eigenvalue weighted by molar-refractivity contribution is 0.501. The maximum absolute atomic E-state index is 5.29. The maximum Gasteiger partial charge on any atom is 0.192 e. The van der Waals surface area contributed by atoms with E-state index in [2.05, 4.69) is 32.9 Å². The van der Waals surface area contributed by atoms with Crippen LogP contribution in [0.4, 0.5) is 0 Å². The van der Waals surface area contributed by atoms with Crippen LogP contribution >= 0.6 is 35.3 Å². The molecule has 0 fully saturated rings. The highest BCUT2D eigenvalue weighted by atomic mass is 127. The van der Waals surface area contributed by atoms with Gasteiger partial charge in [-0.2, -0.15) is 0 Å². The molecule has 0 saturated carbocycles. The highest BCUT2D eigenvalue weighted by Gasteiger charge is 2.02. The molecule has 0 aliphatic heterocycles. The molecule has 0 bridgehead atoms. The van der Waals surface area contributed by atoms with Gasteiger partial charge in [0.25, 0.3) is 0 Å². The molecule has 0 atom stereocenters. The van der Waals surface area contributed by atoms with E-state index in [-0.39, 0.29) is 24.0 Å². The van der Waals surface area contributed by atoms with Crippen LogP contribution in [0.15, 0.2) is 33.2 Å². The zero-order chi connectivity index (χ0) is 14.2. The molecule has 0 aromatic carbocycles. The first-order chi connectivity index (χ1) is 9.81. The average Bonchev–Trinajstić information content (AvgIpc) is 3.13. The Morgan fingerprint density at radius 3 is 2.86 bits per heavy atom. The van der Waals surface area contributed by atoms with Gasteiger partial charge in [0.15, 0.2) is 5.96 Å². The van der Waals surface area contributed by atoms with Crippen molar-refractivity contribution in [3.05, 3.63) is 40.2 Å². The molecule has 0 unspecified atom stereocenters. The minimum atomic E-state index is 0. The van der Waals surface area contributed by atoms with Gasteiger partial charge in [0.05, 0.1) is 30.1 Å². The highest BCUT2D eigenvalue weighted by molar-refractivity contribution is 14.0. The van der Waals surface area contributed by atoms with Crippen molar-refractivity contribution in [1.82, 2.24) is 15.6 Å². The summed E-state index contributed by atoms with van der Waals surface area (Å²) in [7, 11) is 0. The zero-order valence-electron chi connectivity index (χ0n) is 12.3. The van der Waals surface area contributed by atoms with Crippen LogP contribution in [0.5, 0.6) is 0 Å². The van der Waals surface area contributed by atoms with Crippen LogP contribution in [-0.2, 0) is 19.5 Å². The average molecular weight is 420 g/mol. The lowest BCUT2D eigenvalue weighted by Crippen LogP contribution is -2.36. The SMILES string of the molecule is CCNC(=NCc1csc(CC)n1)NCc1ccco1.I. The fourth-order valence-corrected chi connectivity index (χ4v) is 2.41. The van der Waals surface area contributed by atoms with Crippen molar-refractivity contribution in [1.29, 1.82) is 0 Å². The van der Waals surface area contributed by atoms with Gasteiger partial charge in [-0.1, -0.05) is 6.92 Å². The minimum Gasteiger partial charge on any atom is -0.467 e. The second-order valence-electron chi connectivity index (χ2n) is 4.21. The molecule has 0 aliphatic carbocycles. The van der Waals surface area contributed by atoms with Gasteiger partial charge in [-0.15, -0.1) is 35.3 Å². The van der Waals surface area contributed by atoms with E-state index in [4.69, 9.17) is 4.42 Å². The third kappa shape index (κ3) is 6.04. The summed E-state index contributed by atoms with van der Waals surface area (Å²) < 4.78 is 5.29. The van der Waals surface area contributed by atoms with E-state index in [1.165, 1.54) is 0 Å². The molecule has 7 heteroatoms. The maximum atomic E-state index is 5.29. The number of thiazole rings is 1. The number of furan rings is 1. The molecule has 2 rings (SSSR count).